The second kappa shape index (κ2) is 6.16. The average molecular weight is 276 g/mol. The van der Waals surface area contributed by atoms with Gasteiger partial charge in [0, 0.05) is 12.5 Å². The Bertz CT molecular complexity index is 353. The molecule has 0 aliphatic rings. The lowest BCUT2D eigenvalue weighted by atomic mass is 10.0. The van der Waals surface area contributed by atoms with Gasteiger partial charge in [-0.1, -0.05) is 12.1 Å². The lowest BCUT2D eigenvalue weighted by Crippen LogP contribution is -2.15. The van der Waals surface area contributed by atoms with Gasteiger partial charge in [-0.15, -0.1) is 12.4 Å². The van der Waals surface area contributed by atoms with Crippen LogP contribution in [0.1, 0.15) is 23.6 Å². The molecule has 0 aliphatic carbocycles. The van der Waals surface area contributed by atoms with E-state index >= 15 is 0 Å². The van der Waals surface area contributed by atoms with E-state index in [2.05, 4.69) is 0 Å². The molecule has 1 atom stereocenters. The molecule has 0 saturated heterocycles. The molecule has 1 rings (SSSR count). The zero-order valence-electron chi connectivity index (χ0n) is 8.55. The van der Waals surface area contributed by atoms with Crippen molar-refractivity contribution in [3.63, 3.8) is 0 Å². The molecule has 0 heterocycles. The standard InChI is InChI=1S/C10H10F5N.ClH/c11-9(12)5-8(16)6-2-1-3-7(4-6)10(13,14)15;/h1-4,8-9H,5,16H2;1H/t8-;/m0./s1. The zero-order chi connectivity index (χ0) is 12.3. The van der Waals surface area contributed by atoms with E-state index in [0.717, 1.165) is 18.2 Å². The van der Waals surface area contributed by atoms with Gasteiger partial charge in [0.05, 0.1) is 5.56 Å². The van der Waals surface area contributed by atoms with Gasteiger partial charge in [0.25, 0.3) is 0 Å². The highest BCUT2D eigenvalue weighted by Crippen LogP contribution is 2.31. The first kappa shape index (κ1) is 16.1. The van der Waals surface area contributed by atoms with E-state index < -0.39 is 30.6 Å². The maximum absolute atomic E-state index is 12.3. The first-order valence-electron chi connectivity index (χ1n) is 4.51. The van der Waals surface area contributed by atoms with Crippen molar-refractivity contribution in [3.05, 3.63) is 35.4 Å². The fourth-order valence-electron chi connectivity index (χ4n) is 1.27. The molecule has 2 N–H and O–H groups in total. The monoisotopic (exact) mass is 275 g/mol. The number of rotatable bonds is 3. The Kier molecular flexibility index (Phi) is 5.84. The molecule has 1 aromatic carbocycles. The van der Waals surface area contributed by atoms with E-state index in [1.807, 2.05) is 0 Å². The highest BCUT2D eigenvalue weighted by atomic mass is 35.5. The summed E-state index contributed by atoms with van der Waals surface area (Å²) in [5.74, 6) is 0. The number of halogens is 6. The van der Waals surface area contributed by atoms with Crippen molar-refractivity contribution in [2.75, 3.05) is 0 Å². The van der Waals surface area contributed by atoms with E-state index in [-0.39, 0.29) is 18.0 Å². The van der Waals surface area contributed by atoms with Crippen LogP contribution < -0.4 is 5.73 Å². The summed E-state index contributed by atoms with van der Waals surface area (Å²) >= 11 is 0. The molecule has 1 aromatic rings. The van der Waals surface area contributed by atoms with Crippen LogP contribution in [0.2, 0.25) is 0 Å². The summed E-state index contributed by atoms with van der Waals surface area (Å²) in [5, 5.41) is 0. The molecule has 0 spiro atoms. The molecular formula is C10H11ClF5N. The van der Waals surface area contributed by atoms with Crippen LogP contribution in [0.3, 0.4) is 0 Å². The molecule has 0 bridgehead atoms. The lowest BCUT2D eigenvalue weighted by molar-refractivity contribution is -0.137. The Labute approximate surface area is 101 Å². The van der Waals surface area contributed by atoms with Crippen molar-refractivity contribution < 1.29 is 22.0 Å². The zero-order valence-corrected chi connectivity index (χ0v) is 9.36. The van der Waals surface area contributed by atoms with Gasteiger partial charge in [-0.05, 0) is 17.7 Å². The number of hydrogen-bond donors (Lipinski definition) is 1. The average Bonchev–Trinajstić information content (AvgIpc) is 2.15. The highest BCUT2D eigenvalue weighted by molar-refractivity contribution is 5.85. The van der Waals surface area contributed by atoms with Gasteiger partial charge in [-0.2, -0.15) is 13.2 Å². The molecule has 0 amide bonds. The smallest absolute Gasteiger partial charge is 0.324 e. The summed E-state index contributed by atoms with van der Waals surface area (Å²) < 4.78 is 60.9. The normalized spacial score (nSPS) is 13.4. The van der Waals surface area contributed by atoms with Crippen LogP contribution in [-0.2, 0) is 6.18 Å². The van der Waals surface area contributed by atoms with Gasteiger partial charge in [0.15, 0.2) is 0 Å². The first-order chi connectivity index (χ1) is 7.30. The SMILES string of the molecule is Cl.N[C@@H](CC(F)F)c1cccc(C(F)(F)F)c1. The van der Waals surface area contributed by atoms with Crippen molar-refractivity contribution in [3.8, 4) is 0 Å². The molecule has 17 heavy (non-hydrogen) atoms. The van der Waals surface area contributed by atoms with Gasteiger partial charge in [0.1, 0.15) is 0 Å². The van der Waals surface area contributed by atoms with E-state index in [1.165, 1.54) is 6.07 Å². The molecule has 0 saturated carbocycles. The topological polar surface area (TPSA) is 26.0 Å². The lowest BCUT2D eigenvalue weighted by Gasteiger charge is -2.13. The summed E-state index contributed by atoms with van der Waals surface area (Å²) in [6.45, 7) is 0. The summed E-state index contributed by atoms with van der Waals surface area (Å²) in [5.41, 5.74) is 4.55. The van der Waals surface area contributed by atoms with Gasteiger partial charge >= 0.3 is 6.18 Å². The Hall–Kier alpha value is -0.880. The van der Waals surface area contributed by atoms with Crippen molar-refractivity contribution >= 4 is 12.4 Å². The Balaban J connectivity index is 0.00000256. The molecule has 0 aromatic heterocycles. The number of nitrogens with two attached hydrogens (primary N) is 1. The van der Waals surface area contributed by atoms with E-state index in [1.54, 1.807) is 0 Å². The van der Waals surface area contributed by atoms with Crippen LogP contribution in [-0.4, -0.2) is 6.43 Å². The summed E-state index contributed by atoms with van der Waals surface area (Å²) in [6.07, 6.45) is -7.77. The summed E-state index contributed by atoms with van der Waals surface area (Å²) in [7, 11) is 0. The Morgan fingerprint density at radius 1 is 1.18 bits per heavy atom. The molecule has 0 radical (unpaired) electrons. The molecule has 98 valence electrons. The Morgan fingerprint density at radius 3 is 2.24 bits per heavy atom. The van der Waals surface area contributed by atoms with E-state index in [9.17, 15) is 22.0 Å². The van der Waals surface area contributed by atoms with Gasteiger partial charge in [0.2, 0.25) is 6.43 Å². The molecule has 7 heteroatoms. The molecule has 0 fully saturated rings. The van der Waals surface area contributed by atoms with Crippen molar-refractivity contribution in [2.45, 2.75) is 25.1 Å². The van der Waals surface area contributed by atoms with Crippen LogP contribution >= 0.6 is 12.4 Å². The minimum atomic E-state index is -4.49. The van der Waals surface area contributed by atoms with Crippen LogP contribution in [0.25, 0.3) is 0 Å². The van der Waals surface area contributed by atoms with Crippen molar-refractivity contribution in [1.29, 1.82) is 0 Å². The predicted octanol–water partition coefficient (Wildman–Crippen LogP) is 3.78. The molecule has 1 nitrogen and oxygen atoms in total. The second-order valence-electron chi connectivity index (χ2n) is 3.36. The first-order valence-corrected chi connectivity index (χ1v) is 4.51. The van der Waals surface area contributed by atoms with E-state index in [0.29, 0.717) is 0 Å². The van der Waals surface area contributed by atoms with Gasteiger partial charge in [-0.25, -0.2) is 8.78 Å². The van der Waals surface area contributed by atoms with Crippen LogP contribution in [0.15, 0.2) is 24.3 Å². The highest BCUT2D eigenvalue weighted by Gasteiger charge is 2.30. The van der Waals surface area contributed by atoms with Crippen LogP contribution in [0, 0.1) is 0 Å². The molecule has 0 aliphatic heterocycles. The molecular weight excluding hydrogens is 265 g/mol. The summed E-state index contributed by atoms with van der Waals surface area (Å²) in [4.78, 5) is 0. The predicted molar refractivity (Wildman–Crippen MR) is 56.2 cm³/mol. The number of alkyl halides is 5. The molecule has 0 unspecified atom stereocenters. The number of hydrogen-bond acceptors (Lipinski definition) is 1. The quantitative estimate of drug-likeness (QED) is 0.835. The minimum Gasteiger partial charge on any atom is -0.324 e. The van der Waals surface area contributed by atoms with Crippen molar-refractivity contribution in [1.82, 2.24) is 0 Å². The fraction of sp³-hybridized carbons (Fsp3) is 0.400. The van der Waals surface area contributed by atoms with Crippen LogP contribution in [0.4, 0.5) is 22.0 Å². The summed E-state index contributed by atoms with van der Waals surface area (Å²) in [6, 6.07) is 3.06. The largest absolute Gasteiger partial charge is 0.416 e. The minimum absolute atomic E-state index is 0. The third-order valence-electron chi connectivity index (χ3n) is 2.07. The van der Waals surface area contributed by atoms with Crippen molar-refractivity contribution in [2.24, 2.45) is 5.73 Å². The fourth-order valence-corrected chi connectivity index (χ4v) is 1.27. The van der Waals surface area contributed by atoms with Gasteiger partial charge < -0.3 is 5.73 Å². The maximum atomic E-state index is 12.3. The van der Waals surface area contributed by atoms with Crippen LogP contribution in [0.5, 0.6) is 0 Å². The maximum Gasteiger partial charge on any atom is 0.416 e. The van der Waals surface area contributed by atoms with E-state index in [4.69, 9.17) is 5.73 Å². The van der Waals surface area contributed by atoms with Gasteiger partial charge in [-0.3, -0.25) is 0 Å². The third-order valence-corrected chi connectivity index (χ3v) is 2.07. The number of benzene rings is 1. The third kappa shape index (κ3) is 4.87. The Morgan fingerprint density at radius 2 is 1.76 bits per heavy atom. The second-order valence-corrected chi connectivity index (χ2v) is 3.36.